The Kier molecular flexibility index (Phi) is 5.74. The van der Waals surface area contributed by atoms with Crippen LogP contribution in [0.4, 0.5) is 0 Å². The first-order valence-corrected chi connectivity index (χ1v) is 8.92. The molecule has 8 heteroatoms. The number of aliphatic hydroxyl groups excluding tert-OH is 1. The summed E-state index contributed by atoms with van der Waals surface area (Å²) in [4.78, 5) is 25.5. The Morgan fingerprint density at radius 1 is 1.62 bits per heavy atom. The van der Waals surface area contributed by atoms with Crippen molar-refractivity contribution in [3.05, 3.63) is 45.3 Å². The second-order valence-electron chi connectivity index (χ2n) is 4.73. The van der Waals surface area contributed by atoms with Crippen molar-refractivity contribution < 1.29 is 9.84 Å². The SMILES string of the molecule is C=CCSSC1C[C@H](n2cc(C)c(=O)[nH]c2=O)O[C@@H]1CO. The number of aromatic amines is 1. The Labute approximate surface area is 130 Å². The Morgan fingerprint density at radius 3 is 3.05 bits per heavy atom. The normalized spacial score (nSPS) is 25.1. The van der Waals surface area contributed by atoms with Crippen molar-refractivity contribution >= 4 is 21.6 Å². The molecule has 2 rings (SSSR count). The lowest BCUT2D eigenvalue weighted by Crippen LogP contribution is -2.33. The van der Waals surface area contributed by atoms with Gasteiger partial charge in [0.15, 0.2) is 0 Å². The molecule has 0 radical (unpaired) electrons. The van der Waals surface area contributed by atoms with E-state index in [1.165, 1.54) is 10.8 Å². The molecule has 1 aliphatic heterocycles. The van der Waals surface area contributed by atoms with E-state index < -0.39 is 11.9 Å². The van der Waals surface area contributed by atoms with Gasteiger partial charge in [-0.05, 0) is 6.92 Å². The number of nitrogens with one attached hydrogen (secondary N) is 1. The Hall–Kier alpha value is -0.960. The van der Waals surface area contributed by atoms with E-state index in [1.807, 2.05) is 6.08 Å². The topological polar surface area (TPSA) is 84.3 Å². The van der Waals surface area contributed by atoms with Crippen molar-refractivity contribution in [2.24, 2.45) is 0 Å². The third kappa shape index (κ3) is 3.82. The van der Waals surface area contributed by atoms with Crippen LogP contribution >= 0.6 is 21.6 Å². The molecular weight excluding hydrogens is 312 g/mol. The van der Waals surface area contributed by atoms with E-state index in [-0.39, 0.29) is 23.5 Å². The monoisotopic (exact) mass is 330 g/mol. The zero-order valence-corrected chi connectivity index (χ0v) is 13.3. The molecule has 6 nitrogen and oxygen atoms in total. The van der Waals surface area contributed by atoms with Gasteiger partial charge in [-0.15, -0.1) is 6.58 Å². The van der Waals surface area contributed by atoms with Crippen LogP contribution in [0.3, 0.4) is 0 Å². The summed E-state index contributed by atoms with van der Waals surface area (Å²) in [7, 11) is 3.26. The van der Waals surface area contributed by atoms with Gasteiger partial charge in [0.2, 0.25) is 0 Å². The fraction of sp³-hybridized carbons (Fsp3) is 0.538. The molecule has 21 heavy (non-hydrogen) atoms. The predicted octanol–water partition coefficient (Wildman–Crippen LogP) is 1.06. The number of H-pyrrole nitrogens is 1. The van der Waals surface area contributed by atoms with Gasteiger partial charge in [-0.3, -0.25) is 14.3 Å². The minimum absolute atomic E-state index is 0.0871. The van der Waals surface area contributed by atoms with Crippen LogP contribution in [0.5, 0.6) is 0 Å². The lowest BCUT2D eigenvalue weighted by atomic mass is 10.2. The van der Waals surface area contributed by atoms with E-state index in [0.717, 1.165) is 5.75 Å². The number of hydrogen-bond donors (Lipinski definition) is 2. The molecule has 2 heterocycles. The van der Waals surface area contributed by atoms with E-state index in [2.05, 4.69) is 11.6 Å². The average molecular weight is 330 g/mol. The van der Waals surface area contributed by atoms with Crippen LogP contribution in [0, 0.1) is 6.92 Å². The third-order valence-corrected chi connectivity index (χ3v) is 6.00. The molecule has 116 valence electrons. The maximum Gasteiger partial charge on any atom is 0.330 e. The predicted molar refractivity (Wildman–Crippen MR) is 85.7 cm³/mol. The highest BCUT2D eigenvalue weighted by Crippen LogP contribution is 2.40. The van der Waals surface area contributed by atoms with Crippen molar-refractivity contribution in [1.29, 1.82) is 0 Å². The van der Waals surface area contributed by atoms with Crippen molar-refractivity contribution in [3.63, 3.8) is 0 Å². The largest absolute Gasteiger partial charge is 0.394 e. The van der Waals surface area contributed by atoms with Crippen LogP contribution < -0.4 is 11.2 Å². The Balaban J connectivity index is 2.15. The second kappa shape index (κ2) is 7.35. The highest BCUT2D eigenvalue weighted by molar-refractivity contribution is 8.77. The molecule has 3 atom stereocenters. The summed E-state index contributed by atoms with van der Waals surface area (Å²) < 4.78 is 7.13. The first-order valence-electron chi connectivity index (χ1n) is 6.54. The van der Waals surface area contributed by atoms with E-state index in [4.69, 9.17) is 4.74 Å². The first-order chi connectivity index (χ1) is 10.1. The average Bonchev–Trinajstić information content (AvgIpc) is 2.86. The zero-order chi connectivity index (χ0) is 15.4. The van der Waals surface area contributed by atoms with Crippen LogP contribution in [0.1, 0.15) is 18.2 Å². The maximum atomic E-state index is 11.9. The lowest BCUT2D eigenvalue weighted by molar-refractivity contribution is -0.0238. The second-order valence-corrected chi connectivity index (χ2v) is 7.39. The van der Waals surface area contributed by atoms with E-state index in [0.29, 0.717) is 12.0 Å². The molecule has 0 saturated carbocycles. The highest BCUT2D eigenvalue weighted by Gasteiger charge is 2.36. The number of hydrogen-bond acceptors (Lipinski definition) is 6. The van der Waals surface area contributed by atoms with Gasteiger partial charge in [-0.25, -0.2) is 4.79 Å². The van der Waals surface area contributed by atoms with Crippen molar-refractivity contribution in [3.8, 4) is 0 Å². The molecule has 1 aromatic rings. The molecule has 0 amide bonds. The van der Waals surface area contributed by atoms with E-state index in [1.54, 1.807) is 28.5 Å². The van der Waals surface area contributed by atoms with E-state index >= 15 is 0 Å². The third-order valence-electron chi connectivity index (χ3n) is 3.19. The zero-order valence-electron chi connectivity index (χ0n) is 11.7. The smallest absolute Gasteiger partial charge is 0.330 e. The van der Waals surface area contributed by atoms with Gasteiger partial charge >= 0.3 is 5.69 Å². The maximum absolute atomic E-state index is 11.9. The van der Waals surface area contributed by atoms with Crippen LogP contribution in [0.15, 0.2) is 28.4 Å². The summed E-state index contributed by atoms with van der Waals surface area (Å²) in [5.74, 6) is 0.807. The van der Waals surface area contributed by atoms with Gasteiger partial charge in [0.1, 0.15) is 6.23 Å². The number of aliphatic hydroxyl groups is 1. The van der Waals surface area contributed by atoms with Gasteiger partial charge in [0.25, 0.3) is 5.56 Å². The first kappa shape index (κ1) is 16.4. The summed E-state index contributed by atoms with van der Waals surface area (Å²) in [6.07, 6.45) is 3.13. The van der Waals surface area contributed by atoms with Crippen molar-refractivity contribution in [2.45, 2.75) is 30.9 Å². The van der Waals surface area contributed by atoms with Crippen LogP contribution in [0.2, 0.25) is 0 Å². The van der Waals surface area contributed by atoms with Crippen LogP contribution in [-0.4, -0.2) is 38.4 Å². The fourth-order valence-corrected chi connectivity index (χ4v) is 4.63. The molecule has 2 N–H and O–H groups in total. The van der Waals surface area contributed by atoms with Gasteiger partial charge in [0, 0.05) is 29.2 Å². The highest BCUT2D eigenvalue weighted by atomic mass is 33.1. The van der Waals surface area contributed by atoms with Crippen LogP contribution in [-0.2, 0) is 4.74 Å². The molecule has 1 aromatic heterocycles. The standard InChI is InChI=1S/C13H18N2O4S2/c1-3-4-20-21-10-5-11(19-9(10)7-16)15-6-8(2)12(17)14-13(15)18/h3,6,9-11,16H,1,4-5,7H2,2H3,(H,14,17,18)/t9-,10?,11-/m1/s1. The van der Waals surface area contributed by atoms with Gasteiger partial charge in [-0.2, -0.15) is 0 Å². The molecule has 0 bridgehead atoms. The lowest BCUT2D eigenvalue weighted by Gasteiger charge is -2.15. The van der Waals surface area contributed by atoms with Gasteiger partial charge < -0.3 is 9.84 Å². The summed E-state index contributed by atoms with van der Waals surface area (Å²) in [5, 5.41) is 9.50. The summed E-state index contributed by atoms with van der Waals surface area (Å²) in [6, 6.07) is 0. The minimum atomic E-state index is -0.489. The Bertz CT molecular complexity index is 613. The number of aromatic nitrogens is 2. The molecule has 1 saturated heterocycles. The summed E-state index contributed by atoms with van der Waals surface area (Å²) >= 11 is 0. The molecule has 0 aliphatic carbocycles. The Morgan fingerprint density at radius 2 is 2.38 bits per heavy atom. The van der Waals surface area contributed by atoms with Crippen molar-refractivity contribution in [1.82, 2.24) is 9.55 Å². The number of aryl methyl sites for hydroxylation is 1. The van der Waals surface area contributed by atoms with E-state index in [9.17, 15) is 14.7 Å². The van der Waals surface area contributed by atoms with Gasteiger partial charge in [-0.1, -0.05) is 27.7 Å². The molecule has 1 unspecified atom stereocenters. The molecule has 0 spiro atoms. The fourth-order valence-electron chi connectivity index (χ4n) is 2.11. The minimum Gasteiger partial charge on any atom is -0.394 e. The number of nitrogens with zero attached hydrogens (tertiary/aromatic N) is 1. The quantitative estimate of drug-likeness (QED) is 0.461. The number of rotatable bonds is 6. The van der Waals surface area contributed by atoms with Gasteiger partial charge in [0.05, 0.1) is 12.7 Å². The molecule has 1 fully saturated rings. The molecule has 0 aromatic carbocycles. The molecule has 1 aliphatic rings. The van der Waals surface area contributed by atoms with Crippen LogP contribution in [0.25, 0.3) is 0 Å². The molecular formula is C13H18N2O4S2. The summed E-state index contributed by atoms with van der Waals surface area (Å²) in [5.41, 5.74) is -0.423. The number of ether oxygens (including phenoxy) is 1. The summed E-state index contributed by atoms with van der Waals surface area (Å²) in [6.45, 7) is 5.20. The van der Waals surface area contributed by atoms with Crippen molar-refractivity contribution in [2.75, 3.05) is 12.4 Å².